The van der Waals surface area contributed by atoms with Crippen LogP contribution in [0.3, 0.4) is 0 Å². The van der Waals surface area contributed by atoms with Gasteiger partial charge in [0.05, 0.1) is 0 Å². The van der Waals surface area contributed by atoms with Crippen LogP contribution >= 0.6 is 11.6 Å². The Morgan fingerprint density at radius 2 is 2.46 bits per heavy atom. The molecule has 0 aliphatic carbocycles. The van der Waals surface area contributed by atoms with E-state index in [2.05, 4.69) is 11.9 Å². The smallest absolute Gasteiger partial charge is 0.0410 e. The number of anilines is 1. The quantitative estimate of drug-likeness (QED) is 0.711. The lowest BCUT2D eigenvalue weighted by Crippen LogP contribution is -2.13. The number of nitrogens with one attached hydrogen (secondary N) is 1. The zero-order chi connectivity index (χ0) is 9.26. The average molecular weight is 194 g/mol. The standard InChI is InChI=1S/C11H12ClN/c1-2-3-10-7-8-6-9(12)4-5-11(8)13-10/h2,4-6,10,13H,1,3,7H2. The van der Waals surface area contributed by atoms with Gasteiger partial charge in [0, 0.05) is 16.8 Å². The summed E-state index contributed by atoms with van der Waals surface area (Å²) in [6.07, 6.45) is 4.01. The molecule has 0 amide bonds. The first kappa shape index (κ1) is 8.64. The molecule has 0 radical (unpaired) electrons. The molecule has 2 rings (SSSR count). The molecule has 1 atom stereocenters. The van der Waals surface area contributed by atoms with Crippen LogP contribution in [0.15, 0.2) is 30.9 Å². The number of benzene rings is 1. The van der Waals surface area contributed by atoms with Gasteiger partial charge in [-0.2, -0.15) is 0 Å². The van der Waals surface area contributed by atoms with Crippen molar-refractivity contribution in [3.8, 4) is 0 Å². The Labute approximate surface area is 83.4 Å². The highest BCUT2D eigenvalue weighted by Crippen LogP contribution is 2.29. The van der Waals surface area contributed by atoms with Crippen LogP contribution in [0.2, 0.25) is 5.02 Å². The summed E-state index contributed by atoms with van der Waals surface area (Å²) in [5, 5.41) is 4.25. The molecule has 0 aromatic heterocycles. The summed E-state index contributed by atoms with van der Waals surface area (Å²) in [5.74, 6) is 0. The second kappa shape index (κ2) is 3.43. The zero-order valence-electron chi connectivity index (χ0n) is 7.39. The summed E-state index contributed by atoms with van der Waals surface area (Å²) in [4.78, 5) is 0. The fourth-order valence-electron chi connectivity index (χ4n) is 1.75. The monoisotopic (exact) mass is 193 g/mol. The van der Waals surface area contributed by atoms with Crippen molar-refractivity contribution in [3.05, 3.63) is 41.4 Å². The van der Waals surface area contributed by atoms with Gasteiger partial charge in [-0.25, -0.2) is 0 Å². The number of fused-ring (bicyclic) bond motifs is 1. The largest absolute Gasteiger partial charge is 0.381 e. The Balaban J connectivity index is 2.20. The highest BCUT2D eigenvalue weighted by molar-refractivity contribution is 6.30. The van der Waals surface area contributed by atoms with Crippen LogP contribution in [0.25, 0.3) is 0 Å². The molecule has 68 valence electrons. The second-order valence-electron chi connectivity index (χ2n) is 3.37. The van der Waals surface area contributed by atoms with Gasteiger partial charge in [-0.1, -0.05) is 17.7 Å². The van der Waals surface area contributed by atoms with Gasteiger partial charge >= 0.3 is 0 Å². The van der Waals surface area contributed by atoms with Crippen LogP contribution in [-0.2, 0) is 6.42 Å². The molecule has 0 bridgehead atoms. The molecular formula is C11H12ClN. The summed E-state index contributed by atoms with van der Waals surface area (Å²) in [6, 6.07) is 6.50. The van der Waals surface area contributed by atoms with Crippen molar-refractivity contribution in [3.63, 3.8) is 0 Å². The van der Waals surface area contributed by atoms with Crippen LogP contribution < -0.4 is 5.32 Å². The third kappa shape index (κ3) is 1.70. The third-order valence-corrected chi connectivity index (χ3v) is 2.58. The molecule has 0 saturated heterocycles. The molecule has 1 nitrogen and oxygen atoms in total. The predicted octanol–water partition coefficient (Wildman–Crippen LogP) is 3.25. The van der Waals surface area contributed by atoms with Crippen molar-refractivity contribution in [2.75, 3.05) is 5.32 Å². The molecule has 1 aromatic carbocycles. The van der Waals surface area contributed by atoms with Gasteiger partial charge in [0.15, 0.2) is 0 Å². The van der Waals surface area contributed by atoms with E-state index in [1.807, 2.05) is 24.3 Å². The number of halogens is 1. The van der Waals surface area contributed by atoms with Gasteiger partial charge in [0.1, 0.15) is 0 Å². The van der Waals surface area contributed by atoms with Crippen molar-refractivity contribution < 1.29 is 0 Å². The Bertz CT molecular complexity index is 333. The molecule has 1 heterocycles. The van der Waals surface area contributed by atoms with Gasteiger partial charge < -0.3 is 5.32 Å². The maximum Gasteiger partial charge on any atom is 0.0410 e. The minimum atomic E-state index is 0.506. The van der Waals surface area contributed by atoms with Crippen LogP contribution in [0, 0.1) is 0 Å². The van der Waals surface area contributed by atoms with E-state index in [4.69, 9.17) is 11.6 Å². The maximum atomic E-state index is 5.90. The molecule has 0 saturated carbocycles. The molecule has 1 N–H and O–H groups in total. The topological polar surface area (TPSA) is 12.0 Å². The van der Waals surface area contributed by atoms with Crippen LogP contribution in [-0.4, -0.2) is 6.04 Å². The predicted molar refractivity (Wildman–Crippen MR) is 57.4 cm³/mol. The molecule has 1 aromatic rings. The molecule has 0 fully saturated rings. The lowest BCUT2D eigenvalue weighted by Gasteiger charge is -2.06. The van der Waals surface area contributed by atoms with E-state index in [1.54, 1.807) is 0 Å². The van der Waals surface area contributed by atoms with Gasteiger partial charge in [0.2, 0.25) is 0 Å². The highest BCUT2D eigenvalue weighted by atomic mass is 35.5. The molecular weight excluding hydrogens is 182 g/mol. The fourth-order valence-corrected chi connectivity index (χ4v) is 1.95. The van der Waals surface area contributed by atoms with E-state index in [-0.39, 0.29) is 0 Å². The van der Waals surface area contributed by atoms with Gasteiger partial charge in [-0.3, -0.25) is 0 Å². The van der Waals surface area contributed by atoms with Crippen molar-refractivity contribution in [2.24, 2.45) is 0 Å². The molecule has 1 aliphatic rings. The van der Waals surface area contributed by atoms with E-state index in [9.17, 15) is 0 Å². The third-order valence-electron chi connectivity index (χ3n) is 2.34. The highest BCUT2D eigenvalue weighted by Gasteiger charge is 2.18. The Morgan fingerprint density at radius 1 is 1.62 bits per heavy atom. The van der Waals surface area contributed by atoms with Gasteiger partial charge in [-0.15, -0.1) is 6.58 Å². The van der Waals surface area contributed by atoms with Crippen molar-refractivity contribution in [1.82, 2.24) is 0 Å². The Morgan fingerprint density at radius 3 is 3.23 bits per heavy atom. The van der Waals surface area contributed by atoms with Crippen molar-refractivity contribution in [1.29, 1.82) is 0 Å². The van der Waals surface area contributed by atoms with Crippen LogP contribution in [0.5, 0.6) is 0 Å². The Hall–Kier alpha value is -0.950. The first-order valence-electron chi connectivity index (χ1n) is 4.45. The summed E-state index contributed by atoms with van der Waals surface area (Å²) >= 11 is 5.90. The summed E-state index contributed by atoms with van der Waals surface area (Å²) < 4.78 is 0. The van der Waals surface area contributed by atoms with Crippen molar-refractivity contribution in [2.45, 2.75) is 18.9 Å². The van der Waals surface area contributed by atoms with Gasteiger partial charge in [0.25, 0.3) is 0 Å². The summed E-state index contributed by atoms with van der Waals surface area (Å²) in [6.45, 7) is 3.74. The number of hydrogen-bond donors (Lipinski definition) is 1. The van der Waals surface area contributed by atoms with Gasteiger partial charge in [-0.05, 0) is 36.6 Å². The summed E-state index contributed by atoms with van der Waals surface area (Å²) in [5.41, 5.74) is 2.54. The number of hydrogen-bond acceptors (Lipinski definition) is 1. The SMILES string of the molecule is C=CCC1Cc2cc(Cl)ccc2N1. The normalized spacial score (nSPS) is 19.3. The molecule has 1 unspecified atom stereocenters. The van der Waals surface area contributed by atoms with E-state index < -0.39 is 0 Å². The summed E-state index contributed by atoms with van der Waals surface area (Å²) in [7, 11) is 0. The molecule has 0 spiro atoms. The molecule has 13 heavy (non-hydrogen) atoms. The fraction of sp³-hybridized carbons (Fsp3) is 0.273. The van der Waals surface area contributed by atoms with Crippen molar-refractivity contribution >= 4 is 17.3 Å². The first-order chi connectivity index (χ1) is 6.29. The van der Waals surface area contributed by atoms with E-state index in [1.165, 1.54) is 11.3 Å². The molecule has 1 aliphatic heterocycles. The lowest BCUT2D eigenvalue weighted by atomic mass is 10.1. The molecule has 2 heteroatoms. The average Bonchev–Trinajstić information content (AvgIpc) is 2.46. The van der Waals surface area contributed by atoms with Crippen LogP contribution in [0.1, 0.15) is 12.0 Å². The minimum absolute atomic E-state index is 0.506. The second-order valence-corrected chi connectivity index (χ2v) is 3.81. The number of rotatable bonds is 2. The van der Waals surface area contributed by atoms with E-state index in [0.717, 1.165) is 17.9 Å². The lowest BCUT2D eigenvalue weighted by molar-refractivity contribution is 0.766. The minimum Gasteiger partial charge on any atom is -0.381 e. The Kier molecular flexibility index (Phi) is 2.28. The zero-order valence-corrected chi connectivity index (χ0v) is 8.14. The first-order valence-corrected chi connectivity index (χ1v) is 4.83. The maximum absolute atomic E-state index is 5.90. The van der Waals surface area contributed by atoms with Crippen LogP contribution in [0.4, 0.5) is 5.69 Å². The van der Waals surface area contributed by atoms with E-state index >= 15 is 0 Å². The van der Waals surface area contributed by atoms with E-state index in [0.29, 0.717) is 6.04 Å².